The molecule has 0 fully saturated rings. The molecule has 0 aliphatic rings. The van der Waals surface area contributed by atoms with Gasteiger partial charge in [-0.2, -0.15) is 0 Å². The second kappa shape index (κ2) is 7.58. The Morgan fingerprint density at radius 2 is 1.38 bits per heavy atom. The Kier molecular flexibility index (Phi) is 5.50. The molecule has 0 bridgehead atoms. The molecular weight excluding hydrogens is 262 g/mol. The number of hydrogen-bond acceptors (Lipinski definition) is 3. The van der Waals surface area contributed by atoms with E-state index in [2.05, 4.69) is 24.4 Å². The van der Waals surface area contributed by atoms with E-state index >= 15 is 0 Å². The Morgan fingerprint density at radius 3 is 1.90 bits per heavy atom. The molecular formula is C18H23NO2. The molecule has 0 heterocycles. The molecule has 2 rings (SSSR count). The fraction of sp³-hybridized carbons (Fsp3) is 0.333. The lowest BCUT2D eigenvalue weighted by Gasteiger charge is -2.15. The minimum atomic E-state index is 0.417. The highest BCUT2D eigenvalue weighted by Gasteiger charge is 2.03. The first-order valence-electron chi connectivity index (χ1n) is 7.25. The summed E-state index contributed by atoms with van der Waals surface area (Å²) in [6, 6.07) is 16.7. The number of methoxy groups -OCH3 is 2. The lowest BCUT2D eigenvalue weighted by molar-refractivity contribution is 0.414. The first kappa shape index (κ1) is 15.2. The van der Waals surface area contributed by atoms with Crippen LogP contribution >= 0.6 is 0 Å². The summed E-state index contributed by atoms with van der Waals surface area (Å²) in [6.07, 6.45) is 2.13. The van der Waals surface area contributed by atoms with E-state index in [-0.39, 0.29) is 0 Å². The molecule has 21 heavy (non-hydrogen) atoms. The molecule has 1 atom stereocenters. The Bertz CT molecular complexity index is 534. The van der Waals surface area contributed by atoms with E-state index in [4.69, 9.17) is 9.47 Å². The van der Waals surface area contributed by atoms with Gasteiger partial charge in [-0.05, 0) is 61.7 Å². The summed E-state index contributed by atoms with van der Waals surface area (Å²) in [4.78, 5) is 0. The highest BCUT2D eigenvalue weighted by atomic mass is 16.5. The fourth-order valence-corrected chi connectivity index (χ4v) is 2.22. The third kappa shape index (κ3) is 4.71. The largest absolute Gasteiger partial charge is 0.497 e. The van der Waals surface area contributed by atoms with Crippen molar-refractivity contribution in [2.24, 2.45) is 0 Å². The topological polar surface area (TPSA) is 30.5 Å². The van der Waals surface area contributed by atoms with Crippen LogP contribution in [0.5, 0.6) is 11.5 Å². The number of aryl methyl sites for hydroxylation is 1. The third-order valence-electron chi connectivity index (χ3n) is 3.53. The maximum absolute atomic E-state index is 5.17. The molecule has 0 aliphatic carbocycles. The summed E-state index contributed by atoms with van der Waals surface area (Å²) in [6.45, 7) is 2.20. The maximum Gasteiger partial charge on any atom is 0.119 e. The smallest absolute Gasteiger partial charge is 0.119 e. The predicted octanol–water partition coefficient (Wildman–Crippen LogP) is 4.14. The number of rotatable bonds is 7. The van der Waals surface area contributed by atoms with Gasteiger partial charge in [0.15, 0.2) is 0 Å². The quantitative estimate of drug-likeness (QED) is 0.829. The van der Waals surface area contributed by atoms with E-state index in [0.29, 0.717) is 6.04 Å². The molecule has 0 radical (unpaired) electrons. The van der Waals surface area contributed by atoms with Crippen LogP contribution in [0, 0.1) is 0 Å². The van der Waals surface area contributed by atoms with Crippen LogP contribution < -0.4 is 14.8 Å². The first-order chi connectivity index (χ1) is 10.2. The molecule has 2 aromatic carbocycles. The van der Waals surface area contributed by atoms with Crippen LogP contribution in [0.1, 0.15) is 18.9 Å². The molecule has 0 amide bonds. The van der Waals surface area contributed by atoms with Gasteiger partial charge in [-0.15, -0.1) is 0 Å². The summed E-state index contributed by atoms with van der Waals surface area (Å²) < 4.78 is 10.3. The molecule has 112 valence electrons. The molecule has 0 aromatic heterocycles. The van der Waals surface area contributed by atoms with Gasteiger partial charge < -0.3 is 14.8 Å². The Hall–Kier alpha value is -2.16. The summed E-state index contributed by atoms with van der Waals surface area (Å²) in [5, 5.41) is 3.51. The zero-order chi connectivity index (χ0) is 15.1. The Balaban J connectivity index is 1.81. The fourth-order valence-electron chi connectivity index (χ4n) is 2.22. The number of hydrogen-bond donors (Lipinski definition) is 1. The van der Waals surface area contributed by atoms with Gasteiger partial charge in [0, 0.05) is 11.7 Å². The highest BCUT2D eigenvalue weighted by molar-refractivity contribution is 5.47. The van der Waals surface area contributed by atoms with Gasteiger partial charge in [-0.1, -0.05) is 12.1 Å². The lowest BCUT2D eigenvalue weighted by atomic mass is 10.1. The minimum Gasteiger partial charge on any atom is -0.497 e. The van der Waals surface area contributed by atoms with Crippen molar-refractivity contribution in [3.8, 4) is 11.5 Å². The molecule has 0 saturated heterocycles. The molecule has 0 saturated carbocycles. The van der Waals surface area contributed by atoms with Crippen molar-refractivity contribution in [2.45, 2.75) is 25.8 Å². The van der Waals surface area contributed by atoms with Crippen molar-refractivity contribution in [2.75, 3.05) is 19.5 Å². The van der Waals surface area contributed by atoms with E-state index < -0.39 is 0 Å². The second-order valence-electron chi connectivity index (χ2n) is 5.16. The van der Waals surface area contributed by atoms with Gasteiger partial charge >= 0.3 is 0 Å². The number of ether oxygens (including phenoxy) is 2. The van der Waals surface area contributed by atoms with Gasteiger partial charge in [0.2, 0.25) is 0 Å². The molecule has 3 heteroatoms. The van der Waals surface area contributed by atoms with Gasteiger partial charge in [0.05, 0.1) is 14.2 Å². The average molecular weight is 285 g/mol. The van der Waals surface area contributed by atoms with Gasteiger partial charge in [-0.3, -0.25) is 0 Å². The van der Waals surface area contributed by atoms with Crippen molar-refractivity contribution in [3.05, 3.63) is 54.1 Å². The van der Waals surface area contributed by atoms with Crippen molar-refractivity contribution in [1.29, 1.82) is 0 Å². The zero-order valence-corrected chi connectivity index (χ0v) is 12.9. The SMILES string of the molecule is COc1ccc(CCC(C)Nc2ccc(OC)cc2)cc1. The summed E-state index contributed by atoms with van der Waals surface area (Å²) in [5.41, 5.74) is 2.46. The standard InChI is InChI=1S/C18H23NO2/c1-14(19-16-8-12-18(21-3)13-9-16)4-5-15-6-10-17(20-2)11-7-15/h6-14,19H,4-5H2,1-3H3. The summed E-state index contributed by atoms with van der Waals surface area (Å²) >= 11 is 0. The van der Waals surface area contributed by atoms with Gasteiger partial charge in [0.25, 0.3) is 0 Å². The second-order valence-corrected chi connectivity index (χ2v) is 5.16. The normalized spacial score (nSPS) is 11.8. The van der Waals surface area contributed by atoms with E-state index in [1.54, 1.807) is 14.2 Å². The van der Waals surface area contributed by atoms with Crippen LogP contribution in [-0.2, 0) is 6.42 Å². The van der Waals surface area contributed by atoms with Gasteiger partial charge in [0.1, 0.15) is 11.5 Å². The Morgan fingerprint density at radius 1 is 0.857 bits per heavy atom. The molecule has 0 aliphatic heterocycles. The van der Waals surface area contributed by atoms with Crippen LogP contribution in [0.4, 0.5) is 5.69 Å². The monoisotopic (exact) mass is 285 g/mol. The lowest BCUT2D eigenvalue weighted by Crippen LogP contribution is -2.15. The van der Waals surface area contributed by atoms with Crippen LogP contribution in [0.25, 0.3) is 0 Å². The Labute approximate surface area is 126 Å². The van der Waals surface area contributed by atoms with E-state index in [9.17, 15) is 0 Å². The molecule has 2 aromatic rings. The number of anilines is 1. The molecule has 1 unspecified atom stereocenters. The zero-order valence-electron chi connectivity index (χ0n) is 12.9. The first-order valence-corrected chi connectivity index (χ1v) is 7.25. The van der Waals surface area contributed by atoms with Gasteiger partial charge in [-0.25, -0.2) is 0 Å². The van der Waals surface area contributed by atoms with E-state index in [1.807, 2.05) is 36.4 Å². The molecule has 3 nitrogen and oxygen atoms in total. The molecule has 0 spiro atoms. The summed E-state index contributed by atoms with van der Waals surface area (Å²) in [7, 11) is 3.37. The van der Waals surface area contributed by atoms with E-state index in [1.165, 1.54) is 5.56 Å². The average Bonchev–Trinajstić information content (AvgIpc) is 2.54. The van der Waals surface area contributed by atoms with E-state index in [0.717, 1.165) is 30.0 Å². The maximum atomic E-state index is 5.17. The number of benzene rings is 2. The van der Waals surface area contributed by atoms with Crippen molar-refractivity contribution in [1.82, 2.24) is 0 Å². The van der Waals surface area contributed by atoms with Crippen LogP contribution in [0.2, 0.25) is 0 Å². The van der Waals surface area contributed by atoms with Crippen LogP contribution in [0.3, 0.4) is 0 Å². The minimum absolute atomic E-state index is 0.417. The highest BCUT2D eigenvalue weighted by Crippen LogP contribution is 2.17. The van der Waals surface area contributed by atoms with Crippen molar-refractivity contribution in [3.63, 3.8) is 0 Å². The van der Waals surface area contributed by atoms with Crippen molar-refractivity contribution >= 4 is 5.69 Å². The molecule has 1 N–H and O–H groups in total. The van der Waals surface area contributed by atoms with Crippen LogP contribution in [-0.4, -0.2) is 20.3 Å². The van der Waals surface area contributed by atoms with Crippen molar-refractivity contribution < 1.29 is 9.47 Å². The van der Waals surface area contributed by atoms with Crippen LogP contribution in [0.15, 0.2) is 48.5 Å². The predicted molar refractivity (Wildman–Crippen MR) is 87.4 cm³/mol. The number of nitrogens with one attached hydrogen (secondary N) is 1. The summed E-state index contributed by atoms with van der Waals surface area (Å²) in [5.74, 6) is 1.79. The third-order valence-corrected chi connectivity index (χ3v) is 3.53.